The normalized spacial score (nSPS) is 16.9. The molecule has 0 aromatic rings. The Labute approximate surface area is 91.3 Å². The third-order valence-corrected chi connectivity index (χ3v) is 2.47. The molecule has 0 fully saturated rings. The minimum Gasteiger partial charge on any atom is -0.385 e. The zero-order valence-corrected chi connectivity index (χ0v) is 9.80. The van der Waals surface area contributed by atoms with Crippen LogP contribution in [0.3, 0.4) is 0 Å². The van der Waals surface area contributed by atoms with Gasteiger partial charge in [-0.15, -0.1) is 0 Å². The molecule has 4 nitrogen and oxygen atoms in total. The second-order valence-electron chi connectivity index (χ2n) is 3.68. The smallest absolute Gasteiger partial charge is 0.206 e. The summed E-state index contributed by atoms with van der Waals surface area (Å²) in [5.74, 6) is 0.0733. The van der Waals surface area contributed by atoms with E-state index >= 15 is 0 Å². The van der Waals surface area contributed by atoms with Gasteiger partial charge in [0.2, 0.25) is 5.78 Å². The second-order valence-corrected chi connectivity index (χ2v) is 3.68. The summed E-state index contributed by atoms with van der Waals surface area (Å²) < 4.78 is 5.22. The van der Waals surface area contributed by atoms with Crippen LogP contribution in [0.25, 0.3) is 0 Å². The van der Waals surface area contributed by atoms with E-state index in [1.807, 2.05) is 18.9 Å². The Morgan fingerprint density at radius 2 is 2.13 bits per heavy atom. The van der Waals surface area contributed by atoms with Crippen molar-refractivity contribution in [2.45, 2.75) is 20.3 Å². The van der Waals surface area contributed by atoms with E-state index in [1.54, 1.807) is 0 Å². The van der Waals surface area contributed by atoms with Gasteiger partial charge in [-0.2, -0.15) is 0 Å². The molecule has 0 aromatic carbocycles. The topological polar surface area (TPSA) is 41.6 Å². The van der Waals surface area contributed by atoms with Gasteiger partial charge in [-0.05, 0) is 13.3 Å². The maximum absolute atomic E-state index is 11.7. The van der Waals surface area contributed by atoms with Crippen LogP contribution in [0.5, 0.6) is 0 Å². The number of rotatable bonds is 5. The summed E-state index contributed by atoms with van der Waals surface area (Å²) in [6.45, 7) is 6.57. The number of Topliss-reactive ketones (excluding diaryl/α,β-unsaturated/α-hetero) is 1. The molecule has 0 spiro atoms. The van der Waals surface area contributed by atoms with E-state index in [1.165, 1.54) is 0 Å². The molecule has 0 atom stereocenters. The SMILES string of the molecule is CCCNC1=C(N(C)CC)C(=O)COC1. The maximum Gasteiger partial charge on any atom is 0.206 e. The van der Waals surface area contributed by atoms with Crippen molar-refractivity contribution in [3.05, 3.63) is 11.4 Å². The third-order valence-electron chi connectivity index (χ3n) is 2.47. The molecular formula is C11H20N2O2. The van der Waals surface area contributed by atoms with Gasteiger partial charge in [0.05, 0.1) is 12.3 Å². The Bertz CT molecular complexity index is 261. The minimum atomic E-state index is 0.0733. The van der Waals surface area contributed by atoms with Crippen molar-refractivity contribution in [1.29, 1.82) is 0 Å². The Balaban J connectivity index is 2.83. The number of nitrogens with zero attached hydrogens (tertiary/aromatic N) is 1. The number of carbonyl (C=O) groups excluding carboxylic acids is 1. The average molecular weight is 212 g/mol. The highest BCUT2D eigenvalue weighted by Crippen LogP contribution is 2.13. The molecule has 0 aliphatic carbocycles. The first-order valence-corrected chi connectivity index (χ1v) is 5.49. The second kappa shape index (κ2) is 5.75. The molecule has 4 heteroatoms. The highest BCUT2D eigenvalue weighted by molar-refractivity contribution is 5.97. The van der Waals surface area contributed by atoms with Gasteiger partial charge in [0.15, 0.2) is 0 Å². The van der Waals surface area contributed by atoms with Crippen molar-refractivity contribution in [3.8, 4) is 0 Å². The number of likely N-dealkylation sites (N-methyl/N-ethyl adjacent to an activating group) is 1. The highest BCUT2D eigenvalue weighted by atomic mass is 16.5. The molecule has 1 aliphatic heterocycles. The van der Waals surface area contributed by atoms with E-state index in [9.17, 15) is 4.79 Å². The van der Waals surface area contributed by atoms with Crippen LogP contribution in [0.15, 0.2) is 11.4 Å². The highest BCUT2D eigenvalue weighted by Gasteiger charge is 2.23. The van der Waals surface area contributed by atoms with Crippen molar-refractivity contribution in [2.24, 2.45) is 0 Å². The lowest BCUT2D eigenvalue weighted by molar-refractivity contribution is -0.122. The van der Waals surface area contributed by atoms with Crippen LogP contribution in [0.1, 0.15) is 20.3 Å². The number of carbonyl (C=O) groups is 1. The van der Waals surface area contributed by atoms with Gasteiger partial charge in [-0.1, -0.05) is 6.92 Å². The Morgan fingerprint density at radius 1 is 1.40 bits per heavy atom. The number of hydrogen-bond acceptors (Lipinski definition) is 4. The lowest BCUT2D eigenvalue weighted by atomic mass is 10.2. The Hall–Kier alpha value is -1.03. The first kappa shape index (κ1) is 12.0. The van der Waals surface area contributed by atoms with E-state index in [0.717, 1.165) is 30.9 Å². The van der Waals surface area contributed by atoms with Crippen LogP contribution in [0, 0.1) is 0 Å². The maximum atomic E-state index is 11.7. The fourth-order valence-electron chi connectivity index (χ4n) is 1.56. The number of nitrogens with one attached hydrogen (secondary N) is 1. The summed E-state index contributed by atoms with van der Waals surface area (Å²) in [7, 11) is 1.94. The molecule has 1 rings (SSSR count). The molecule has 1 N–H and O–H groups in total. The van der Waals surface area contributed by atoms with Crippen LogP contribution in [0.2, 0.25) is 0 Å². The van der Waals surface area contributed by atoms with Crippen LogP contribution in [-0.4, -0.2) is 44.0 Å². The van der Waals surface area contributed by atoms with Crippen LogP contribution < -0.4 is 5.32 Å². The van der Waals surface area contributed by atoms with Gasteiger partial charge < -0.3 is 15.0 Å². The summed E-state index contributed by atoms with van der Waals surface area (Å²) in [6.07, 6.45) is 1.04. The predicted octanol–water partition coefficient (Wildman–Crippen LogP) is 0.749. The standard InChI is InChI=1S/C11H20N2O2/c1-4-6-12-9-7-15-8-10(14)11(9)13(3)5-2/h12H,4-8H2,1-3H3. The molecule has 0 aromatic heterocycles. The first-order chi connectivity index (χ1) is 7.20. The number of ketones is 1. The van der Waals surface area contributed by atoms with E-state index < -0.39 is 0 Å². The van der Waals surface area contributed by atoms with Gasteiger partial charge in [0.1, 0.15) is 12.3 Å². The molecule has 1 heterocycles. The Kier molecular flexibility index (Phi) is 4.62. The van der Waals surface area contributed by atoms with Gasteiger partial charge in [0.25, 0.3) is 0 Å². The van der Waals surface area contributed by atoms with Gasteiger partial charge in [0, 0.05) is 20.1 Å². The molecule has 15 heavy (non-hydrogen) atoms. The molecular weight excluding hydrogens is 192 g/mol. The van der Waals surface area contributed by atoms with Gasteiger partial charge in [-0.25, -0.2) is 0 Å². The molecule has 0 saturated heterocycles. The number of ether oxygens (including phenoxy) is 1. The monoisotopic (exact) mass is 212 g/mol. The summed E-state index contributed by atoms with van der Waals surface area (Å²) in [5.41, 5.74) is 1.72. The number of hydrogen-bond donors (Lipinski definition) is 1. The van der Waals surface area contributed by atoms with Crippen molar-refractivity contribution in [3.63, 3.8) is 0 Å². The third kappa shape index (κ3) is 2.96. The van der Waals surface area contributed by atoms with E-state index in [-0.39, 0.29) is 12.4 Å². The lowest BCUT2D eigenvalue weighted by Crippen LogP contribution is -2.36. The van der Waals surface area contributed by atoms with E-state index in [2.05, 4.69) is 12.2 Å². The van der Waals surface area contributed by atoms with Crippen LogP contribution >= 0.6 is 0 Å². The predicted molar refractivity (Wildman–Crippen MR) is 59.4 cm³/mol. The fourth-order valence-corrected chi connectivity index (χ4v) is 1.56. The quantitative estimate of drug-likeness (QED) is 0.730. The lowest BCUT2D eigenvalue weighted by Gasteiger charge is -2.27. The van der Waals surface area contributed by atoms with Crippen molar-refractivity contribution < 1.29 is 9.53 Å². The molecule has 0 bridgehead atoms. The average Bonchev–Trinajstić information content (AvgIpc) is 2.25. The molecule has 0 unspecified atom stereocenters. The minimum absolute atomic E-state index is 0.0733. The summed E-state index contributed by atoms with van der Waals surface area (Å²) in [4.78, 5) is 13.7. The zero-order chi connectivity index (χ0) is 11.3. The molecule has 0 amide bonds. The zero-order valence-electron chi connectivity index (χ0n) is 9.80. The molecule has 86 valence electrons. The summed E-state index contributed by atoms with van der Waals surface area (Å²) >= 11 is 0. The molecule has 0 radical (unpaired) electrons. The van der Waals surface area contributed by atoms with Gasteiger partial charge in [-0.3, -0.25) is 4.79 Å². The van der Waals surface area contributed by atoms with Crippen LogP contribution in [0.4, 0.5) is 0 Å². The summed E-state index contributed by atoms with van der Waals surface area (Å²) in [5, 5.41) is 3.26. The van der Waals surface area contributed by atoms with E-state index in [0.29, 0.717) is 6.61 Å². The fraction of sp³-hybridized carbons (Fsp3) is 0.727. The Morgan fingerprint density at radius 3 is 2.73 bits per heavy atom. The largest absolute Gasteiger partial charge is 0.385 e. The van der Waals surface area contributed by atoms with Crippen molar-refractivity contribution >= 4 is 5.78 Å². The first-order valence-electron chi connectivity index (χ1n) is 5.49. The molecule has 1 aliphatic rings. The van der Waals surface area contributed by atoms with Gasteiger partial charge >= 0.3 is 0 Å². The van der Waals surface area contributed by atoms with Crippen LogP contribution in [-0.2, 0) is 9.53 Å². The van der Waals surface area contributed by atoms with Crippen molar-refractivity contribution in [1.82, 2.24) is 10.2 Å². The van der Waals surface area contributed by atoms with Crippen molar-refractivity contribution in [2.75, 3.05) is 33.4 Å². The van der Waals surface area contributed by atoms with E-state index in [4.69, 9.17) is 4.74 Å². The summed E-state index contributed by atoms with van der Waals surface area (Å²) in [6, 6.07) is 0. The molecule has 0 saturated carbocycles.